The number of nitrogens with zero attached hydrogens (tertiary/aromatic N) is 1. The van der Waals surface area contributed by atoms with Crippen LogP contribution in [-0.4, -0.2) is 22.7 Å². The van der Waals surface area contributed by atoms with Gasteiger partial charge >= 0.3 is 0 Å². The average molecular weight is 316 g/mol. The molecule has 0 aliphatic rings. The molecule has 1 amide bonds. The number of thioether (sulfide) groups is 1. The minimum atomic E-state index is 0.0861. The van der Waals surface area contributed by atoms with Crippen LogP contribution < -0.4 is 5.32 Å². The van der Waals surface area contributed by atoms with Crippen molar-refractivity contribution in [3.05, 3.63) is 35.4 Å². The van der Waals surface area contributed by atoms with Gasteiger partial charge in [-0.05, 0) is 43.9 Å². The molecule has 0 spiro atoms. The Morgan fingerprint density at radius 3 is 2.64 bits per heavy atom. The zero-order valence-corrected chi connectivity index (χ0v) is 14.6. The standard InChI is InChI=1S/C18H24N2OS/c1-5-14(6-2)19-16(21)11-22-17-10-13(4)15-9-7-8-12(3)18(15)20-17/h7-10,14H,5-6,11H2,1-4H3,(H,19,21). The van der Waals surface area contributed by atoms with Gasteiger partial charge in [0.15, 0.2) is 0 Å². The van der Waals surface area contributed by atoms with Crippen molar-refractivity contribution in [3.63, 3.8) is 0 Å². The molecule has 4 heteroatoms. The van der Waals surface area contributed by atoms with Gasteiger partial charge in [-0.3, -0.25) is 4.79 Å². The van der Waals surface area contributed by atoms with E-state index in [4.69, 9.17) is 4.98 Å². The summed E-state index contributed by atoms with van der Waals surface area (Å²) in [5.41, 5.74) is 3.41. The Morgan fingerprint density at radius 2 is 1.95 bits per heavy atom. The normalized spacial score (nSPS) is 11.1. The number of nitrogens with one attached hydrogen (secondary N) is 1. The van der Waals surface area contributed by atoms with Gasteiger partial charge < -0.3 is 5.32 Å². The van der Waals surface area contributed by atoms with Crippen molar-refractivity contribution in [1.82, 2.24) is 10.3 Å². The topological polar surface area (TPSA) is 42.0 Å². The third-order valence-electron chi connectivity index (χ3n) is 3.93. The Hall–Kier alpha value is -1.55. The van der Waals surface area contributed by atoms with Gasteiger partial charge in [-0.15, -0.1) is 0 Å². The predicted octanol–water partition coefficient (Wildman–Crippen LogP) is 4.25. The van der Waals surface area contributed by atoms with E-state index in [2.05, 4.69) is 57.3 Å². The van der Waals surface area contributed by atoms with Gasteiger partial charge in [-0.2, -0.15) is 0 Å². The predicted molar refractivity (Wildman–Crippen MR) is 94.5 cm³/mol. The van der Waals surface area contributed by atoms with Crippen LogP contribution in [0.2, 0.25) is 0 Å². The fraction of sp³-hybridized carbons (Fsp3) is 0.444. The highest BCUT2D eigenvalue weighted by Gasteiger charge is 2.10. The van der Waals surface area contributed by atoms with Crippen LogP contribution in [0.3, 0.4) is 0 Å². The summed E-state index contributed by atoms with van der Waals surface area (Å²) < 4.78 is 0. The molecule has 3 nitrogen and oxygen atoms in total. The zero-order chi connectivity index (χ0) is 16.1. The molecule has 22 heavy (non-hydrogen) atoms. The van der Waals surface area contributed by atoms with E-state index in [0.29, 0.717) is 5.75 Å². The van der Waals surface area contributed by atoms with Gasteiger partial charge in [-0.1, -0.05) is 43.8 Å². The van der Waals surface area contributed by atoms with Gasteiger partial charge in [0, 0.05) is 11.4 Å². The van der Waals surface area contributed by atoms with Crippen LogP contribution in [0.15, 0.2) is 29.3 Å². The molecule has 1 aromatic heterocycles. The number of amides is 1. The minimum Gasteiger partial charge on any atom is -0.353 e. The number of aryl methyl sites for hydroxylation is 2. The van der Waals surface area contributed by atoms with E-state index < -0.39 is 0 Å². The zero-order valence-electron chi connectivity index (χ0n) is 13.8. The molecule has 0 atom stereocenters. The first-order valence-electron chi connectivity index (χ1n) is 7.84. The van der Waals surface area contributed by atoms with Crippen LogP contribution in [0, 0.1) is 13.8 Å². The largest absolute Gasteiger partial charge is 0.353 e. The maximum Gasteiger partial charge on any atom is 0.230 e. The van der Waals surface area contributed by atoms with E-state index in [-0.39, 0.29) is 11.9 Å². The quantitative estimate of drug-likeness (QED) is 0.810. The van der Waals surface area contributed by atoms with Crippen LogP contribution in [0.4, 0.5) is 0 Å². The second kappa shape index (κ2) is 7.63. The van der Waals surface area contributed by atoms with Gasteiger partial charge in [-0.25, -0.2) is 4.98 Å². The highest BCUT2D eigenvalue weighted by atomic mass is 32.2. The van der Waals surface area contributed by atoms with Crippen molar-refractivity contribution >= 4 is 28.6 Å². The Morgan fingerprint density at radius 1 is 1.23 bits per heavy atom. The molecule has 2 rings (SSSR count). The Kier molecular flexibility index (Phi) is 5.83. The van der Waals surface area contributed by atoms with E-state index in [9.17, 15) is 4.79 Å². The van der Waals surface area contributed by atoms with Crippen molar-refractivity contribution in [1.29, 1.82) is 0 Å². The van der Waals surface area contributed by atoms with Crippen molar-refractivity contribution in [2.45, 2.75) is 51.6 Å². The number of carbonyl (C=O) groups is 1. The highest BCUT2D eigenvalue weighted by molar-refractivity contribution is 7.99. The lowest BCUT2D eigenvalue weighted by molar-refractivity contribution is -0.119. The maximum absolute atomic E-state index is 12.0. The Bertz CT molecular complexity index is 665. The lowest BCUT2D eigenvalue weighted by Gasteiger charge is -2.14. The first kappa shape index (κ1) is 16.8. The summed E-state index contributed by atoms with van der Waals surface area (Å²) >= 11 is 1.51. The number of para-hydroxylation sites is 1. The fourth-order valence-corrected chi connectivity index (χ4v) is 3.28. The minimum absolute atomic E-state index is 0.0861. The van der Waals surface area contributed by atoms with E-state index in [0.717, 1.165) is 23.4 Å². The molecule has 0 unspecified atom stereocenters. The molecule has 1 N–H and O–H groups in total. The molecule has 1 aromatic carbocycles. The summed E-state index contributed by atoms with van der Waals surface area (Å²) in [7, 11) is 0. The number of rotatable bonds is 6. The Balaban J connectivity index is 2.09. The first-order valence-corrected chi connectivity index (χ1v) is 8.82. The van der Waals surface area contributed by atoms with Gasteiger partial charge in [0.1, 0.15) is 0 Å². The summed E-state index contributed by atoms with van der Waals surface area (Å²) in [6.07, 6.45) is 1.94. The lowest BCUT2D eigenvalue weighted by atomic mass is 10.1. The van der Waals surface area contributed by atoms with E-state index in [1.54, 1.807) is 0 Å². The monoisotopic (exact) mass is 316 g/mol. The number of carbonyl (C=O) groups excluding carboxylic acids is 1. The van der Waals surface area contributed by atoms with E-state index >= 15 is 0 Å². The molecule has 0 aliphatic heterocycles. The number of fused-ring (bicyclic) bond motifs is 1. The molecule has 1 heterocycles. The number of hydrogen-bond acceptors (Lipinski definition) is 3. The molecular formula is C18H24N2OS. The summed E-state index contributed by atoms with van der Waals surface area (Å²) in [6.45, 7) is 8.36. The number of benzene rings is 1. The number of hydrogen-bond donors (Lipinski definition) is 1. The number of pyridine rings is 1. The van der Waals surface area contributed by atoms with Crippen molar-refractivity contribution in [2.75, 3.05) is 5.75 Å². The van der Waals surface area contributed by atoms with E-state index in [1.807, 2.05) is 0 Å². The molecule has 0 radical (unpaired) electrons. The molecule has 0 aliphatic carbocycles. The molecule has 0 saturated heterocycles. The molecular weight excluding hydrogens is 292 g/mol. The third kappa shape index (κ3) is 4.01. The van der Waals surface area contributed by atoms with Crippen LogP contribution in [0.5, 0.6) is 0 Å². The molecule has 0 saturated carbocycles. The summed E-state index contributed by atoms with van der Waals surface area (Å²) in [6, 6.07) is 8.57. The van der Waals surface area contributed by atoms with Gasteiger partial charge in [0.25, 0.3) is 0 Å². The molecule has 2 aromatic rings. The summed E-state index contributed by atoms with van der Waals surface area (Å²) in [4.78, 5) is 16.7. The van der Waals surface area contributed by atoms with Crippen molar-refractivity contribution in [2.24, 2.45) is 0 Å². The lowest BCUT2D eigenvalue weighted by Crippen LogP contribution is -2.35. The van der Waals surface area contributed by atoms with Crippen LogP contribution in [0.1, 0.15) is 37.8 Å². The molecule has 118 valence electrons. The third-order valence-corrected chi connectivity index (χ3v) is 4.84. The van der Waals surface area contributed by atoms with Crippen LogP contribution in [0.25, 0.3) is 10.9 Å². The summed E-state index contributed by atoms with van der Waals surface area (Å²) in [5, 5.41) is 5.16. The smallest absolute Gasteiger partial charge is 0.230 e. The molecule has 0 bridgehead atoms. The SMILES string of the molecule is CCC(CC)NC(=O)CSc1cc(C)c2cccc(C)c2n1. The summed E-state index contributed by atoms with van der Waals surface area (Å²) in [5.74, 6) is 0.503. The van der Waals surface area contributed by atoms with Crippen molar-refractivity contribution < 1.29 is 4.79 Å². The van der Waals surface area contributed by atoms with Crippen LogP contribution in [-0.2, 0) is 4.79 Å². The first-order chi connectivity index (χ1) is 10.5. The second-order valence-electron chi connectivity index (χ2n) is 5.62. The molecule has 0 fully saturated rings. The maximum atomic E-state index is 12.0. The second-order valence-corrected chi connectivity index (χ2v) is 6.61. The number of aromatic nitrogens is 1. The van der Waals surface area contributed by atoms with Gasteiger partial charge in [0.05, 0.1) is 16.3 Å². The Labute approximate surface area is 136 Å². The van der Waals surface area contributed by atoms with E-state index in [1.165, 1.54) is 28.3 Å². The highest BCUT2D eigenvalue weighted by Crippen LogP contribution is 2.25. The van der Waals surface area contributed by atoms with Gasteiger partial charge in [0.2, 0.25) is 5.91 Å². The van der Waals surface area contributed by atoms with Crippen molar-refractivity contribution in [3.8, 4) is 0 Å². The average Bonchev–Trinajstić information content (AvgIpc) is 2.51. The fourth-order valence-electron chi connectivity index (χ4n) is 2.51. The van der Waals surface area contributed by atoms with Crippen LogP contribution >= 0.6 is 11.8 Å².